The van der Waals surface area contributed by atoms with Gasteiger partial charge in [-0.3, -0.25) is 0 Å². The van der Waals surface area contributed by atoms with E-state index >= 15 is 0 Å². The van der Waals surface area contributed by atoms with Crippen LogP contribution in [-0.2, 0) is 0 Å². The fourth-order valence-corrected chi connectivity index (χ4v) is 7.00. The molecular weight excluding hydrogens is 313 g/mol. The molecule has 1 aromatic rings. The van der Waals surface area contributed by atoms with Crippen LogP contribution in [0.1, 0.15) is 0 Å². The van der Waals surface area contributed by atoms with Gasteiger partial charge in [0.05, 0.1) is 0 Å². The molecule has 42 valence electrons. The number of rotatable bonds is 0. The molecule has 0 fully saturated rings. The number of hydrogen-bond donors (Lipinski definition) is 0. The molecule has 0 aromatic carbocycles. The second kappa shape index (κ2) is 3.00. The molecule has 0 unspecified atom stereocenters. The SMILES string of the molecule is [SnH3][c]1ccn[c]([SnH3])n1. The number of aromatic nitrogens is 2. The molecule has 4 heteroatoms. The molecule has 0 aliphatic rings. The first-order chi connectivity index (χ1) is 3.79. The van der Waals surface area contributed by atoms with Gasteiger partial charge in [0.15, 0.2) is 0 Å². The van der Waals surface area contributed by atoms with Crippen molar-refractivity contribution >= 4 is 52.6 Å². The maximum atomic E-state index is 4.25. The summed E-state index contributed by atoms with van der Waals surface area (Å²) in [5.74, 6) is 0. The van der Waals surface area contributed by atoms with Crippen LogP contribution in [0.25, 0.3) is 0 Å². The van der Waals surface area contributed by atoms with Crippen LogP contribution >= 0.6 is 0 Å². The molecule has 0 N–H and O–H groups in total. The van der Waals surface area contributed by atoms with Crippen LogP contribution in [0.3, 0.4) is 0 Å². The second-order valence-corrected chi connectivity index (χ2v) is 7.22. The van der Waals surface area contributed by atoms with Crippen molar-refractivity contribution in [2.45, 2.75) is 0 Å². The van der Waals surface area contributed by atoms with Crippen LogP contribution in [0.15, 0.2) is 12.3 Å². The zero-order valence-electron chi connectivity index (χ0n) is 5.05. The molecule has 1 rings (SSSR count). The molecule has 0 amide bonds. The van der Waals surface area contributed by atoms with E-state index in [1.54, 1.807) is 0 Å². The zero-order chi connectivity index (χ0) is 5.98. The Morgan fingerprint density at radius 3 is 2.50 bits per heavy atom. The quantitative estimate of drug-likeness (QED) is 0.463. The molecular formula is C4H8N2Sn2. The van der Waals surface area contributed by atoms with Crippen LogP contribution in [0.2, 0.25) is 0 Å². The van der Waals surface area contributed by atoms with Gasteiger partial charge in [0.2, 0.25) is 0 Å². The first kappa shape index (κ1) is 6.79. The van der Waals surface area contributed by atoms with E-state index in [-0.39, 0.29) is 0 Å². The molecule has 0 aliphatic heterocycles. The summed E-state index contributed by atoms with van der Waals surface area (Å²) in [6.07, 6.45) is 1.87. The van der Waals surface area contributed by atoms with Crippen LogP contribution in [-0.4, -0.2) is 55.0 Å². The molecule has 0 radical (unpaired) electrons. The summed E-state index contributed by atoms with van der Waals surface area (Å²) in [5, 5.41) is 0. The summed E-state index contributed by atoms with van der Waals surface area (Å²) >= 11 is 1.08. The van der Waals surface area contributed by atoms with Gasteiger partial charge in [0.1, 0.15) is 0 Å². The average molecular weight is 322 g/mol. The predicted octanol–water partition coefficient (Wildman–Crippen LogP) is -3.54. The Morgan fingerprint density at radius 1 is 1.38 bits per heavy atom. The third-order valence-electron chi connectivity index (χ3n) is 0.915. The van der Waals surface area contributed by atoms with Gasteiger partial charge < -0.3 is 0 Å². The van der Waals surface area contributed by atoms with Gasteiger partial charge in [-0.25, -0.2) is 0 Å². The molecule has 0 atom stereocenters. The fraction of sp³-hybridized carbons (Fsp3) is 0. The summed E-state index contributed by atoms with van der Waals surface area (Å²) in [5.41, 5.74) is 0. The van der Waals surface area contributed by atoms with E-state index in [9.17, 15) is 0 Å². The van der Waals surface area contributed by atoms with Crippen LogP contribution in [0.4, 0.5) is 0 Å². The Bertz CT molecular complexity index is 172. The Balaban J connectivity index is 3.08. The van der Waals surface area contributed by atoms with Gasteiger partial charge >= 0.3 is 74.8 Å². The van der Waals surface area contributed by atoms with Gasteiger partial charge in [0, 0.05) is 0 Å². The Morgan fingerprint density at radius 2 is 2.12 bits per heavy atom. The Hall–Kier alpha value is 0.677. The Labute approximate surface area is 74.3 Å². The maximum absolute atomic E-state index is 4.25. The molecule has 1 aromatic heterocycles. The third kappa shape index (κ3) is 1.89. The summed E-state index contributed by atoms with van der Waals surface area (Å²) in [6, 6.07) is 2.01. The summed E-state index contributed by atoms with van der Waals surface area (Å²) < 4.78 is 2.39. The van der Waals surface area contributed by atoms with Gasteiger partial charge in [-0.1, -0.05) is 0 Å². The van der Waals surface area contributed by atoms with E-state index in [0.717, 1.165) is 3.84 Å². The van der Waals surface area contributed by atoms with E-state index in [1.807, 2.05) is 12.3 Å². The van der Waals surface area contributed by atoms with Crippen molar-refractivity contribution in [3.05, 3.63) is 12.3 Å². The second-order valence-electron chi connectivity index (χ2n) is 1.75. The van der Waals surface area contributed by atoms with Crippen molar-refractivity contribution in [1.82, 2.24) is 9.97 Å². The average Bonchev–Trinajstić information content (AvgIpc) is 1.64. The Kier molecular flexibility index (Phi) is 2.55. The molecule has 2 nitrogen and oxygen atoms in total. The van der Waals surface area contributed by atoms with Crippen molar-refractivity contribution in [2.24, 2.45) is 0 Å². The third-order valence-corrected chi connectivity index (χ3v) is 3.88. The minimum absolute atomic E-state index is 0.507. The van der Waals surface area contributed by atoms with Crippen molar-refractivity contribution in [1.29, 1.82) is 0 Å². The van der Waals surface area contributed by atoms with Gasteiger partial charge in [0.25, 0.3) is 0 Å². The van der Waals surface area contributed by atoms with Crippen molar-refractivity contribution in [3.63, 3.8) is 0 Å². The minimum atomic E-state index is 0.507. The standard InChI is InChI=1S/C4H2N2.2Sn.6H/c1-2-5-4-6-3-1;;;;;;;;/h1-2H;;;;;;;;. The van der Waals surface area contributed by atoms with E-state index in [0.29, 0.717) is 45.0 Å². The van der Waals surface area contributed by atoms with E-state index in [1.165, 1.54) is 3.71 Å². The van der Waals surface area contributed by atoms with Gasteiger partial charge in [-0.15, -0.1) is 0 Å². The first-order valence-electron chi connectivity index (χ1n) is 2.55. The molecule has 0 saturated heterocycles. The summed E-state index contributed by atoms with van der Waals surface area (Å²) in [4.78, 5) is 8.30. The number of hydrogen-bond acceptors (Lipinski definition) is 2. The topological polar surface area (TPSA) is 25.8 Å². The zero-order valence-corrected chi connectivity index (χ0v) is 16.5. The molecule has 1 heterocycles. The molecule has 0 bridgehead atoms. The fourth-order valence-electron chi connectivity index (χ4n) is 0.574. The molecule has 0 saturated carbocycles. The molecule has 0 spiro atoms. The predicted molar refractivity (Wildman–Crippen MR) is 41.2 cm³/mol. The van der Waals surface area contributed by atoms with Gasteiger partial charge in [-0.2, -0.15) is 0 Å². The van der Waals surface area contributed by atoms with E-state index in [4.69, 9.17) is 0 Å². The molecule has 8 heavy (non-hydrogen) atoms. The number of nitrogens with zero attached hydrogens (tertiary/aromatic N) is 2. The van der Waals surface area contributed by atoms with Crippen LogP contribution in [0, 0.1) is 0 Å². The first-order valence-corrected chi connectivity index (χ1v) is 8.26. The van der Waals surface area contributed by atoms with Crippen molar-refractivity contribution in [2.75, 3.05) is 0 Å². The molecule has 0 aliphatic carbocycles. The summed E-state index contributed by atoms with van der Waals surface area (Å²) in [6.45, 7) is 0. The van der Waals surface area contributed by atoms with Crippen LogP contribution in [0.5, 0.6) is 0 Å². The normalized spacial score (nSPS) is 10.0. The van der Waals surface area contributed by atoms with E-state index < -0.39 is 0 Å². The van der Waals surface area contributed by atoms with Crippen molar-refractivity contribution < 1.29 is 0 Å². The monoisotopic (exact) mass is 324 g/mol. The van der Waals surface area contributed by atoms with Crippen LogP contribution < -0.4 is 7.55 Å². The van der Waals surface area contributed by atoms with E-state index in [2.05, 4.69) is 9.97 Å². The van der Waals surface area contributed by atoms with Crippen molar-refractivity contribution in [3.8, 4) is 0 Å². The summed E-state index contributed by atoms with van der Waals surface area (Å²) in [7, 11) is 0. The van der Waals surface area contributed by atoms with Gasteiger partial charge in [-0.05, 0) is 0 Å².